The summed E-state index contributed by atoms with van der Waals surface area (Å²) in [5.74, 6) is 0. The van der Waals surface area contributed by atoms with Gasteiger partial charge in [-0.1, -0.05) is 13.0 Å². The molecule has 2 nitrogen and oxygen atoms in total. The number of rotatable bonds is 3. The zero-order valence-corrected chi connectivity index (χ0v) is 8.27. The molecule has 12 heavy (non-hydrogen) atoms. The number of aryl methyl sites for hydroxylation is 1. The second-order valence-corrected chi connectivity index (χ2v) is 4.22. The van der Waals surface area contributed by atoms with E-state index in [1.165, 1.54) is 5.56 Å². The molecule has 1 rings (SSSR count). The van der Waals surface area contributed by atoms with E-state index < -0.39 is 0 Å². The third-order valence-corrected chi connectivity index (χ3v) is 2.85. The van der Waals surface area contributed by atoms with Crippen molar-refractivity contribution in [3.8, 4) is 0 Å². The number of nitrogens with two attached hydrogens (primary N) is 1. The van der Waals surface area contributed by atoms with Crippen molar-refractivity contribution in [2.45, 2.75) is 24.1 Å². The van der Waals surface area contributed by atoms with Crippen molar-refractivity contribution in [1.29, 1.82) is 0 Å². The van der Waals surface area contributed by atoms with Crippen molar-refractivity contribution >= 4 is 11.8 Å². The Morgan fingerprint density at radius 2 is 2.42 bits per heavy atom. The number of thioether (sulfide) groups is 1. The molecule has 0 amide bonds. The Bertz CT molecular complexity index is 250. The summed E-state index contributed by atoms with van der Waals surface area (Å²) in [6.45, 7) is 4.87. The summed E-state index contributed by atoms with van der Waals surface area (Å²) < 4.78 is 0. The highest BCUT2D eigenvalue weighted by Gasteiger charge is 2.04. The first-order valence-corrected chi connectivity index (χ1v) is 4.90. The smallest absolute Gasteiger partial charge is 0.0992 e. The molecular weight excluding hydrogens is 168 g/mol. The van der Waals surface area contributed by atoms with Gasteiger partial charge in [0.25, 0.3) is 0 Å². The van der Waals surface area contributed by atoms with Crippen molar-refractivity contribution < 1.29 is 0 Å². The highest BCUT2D eigenvalue weighted by Crippen LogP contribution is 2.22. The van der Waals surface area contributed by atoms with Crippen LogP contribution in [0.3, 0.4) is 0 Å². The van der Waals surface area contributed by atoms with Crippen LogP contribution in [-0.4, -0.2) is 16.8 Å². The summed E-state index contributed by atoms with van der Waals surface area (Å²) in [6, 6.07) is 4.02. The van der Waals surface area contributed by atoms with Crippen LogP contribution in [0.1, 0.15) is 12.5 Å². The molecule has 0 aliphatic heterocycles. The molecule has 0 radical (unpaired) electrons. The summed E-state index contributed by atoms with van der Waals surface area (Å²) >= 11 is 1.73. The molecule has 0 saturated heterocycles. The lowest BCUT2D eigenvalue weighted by atomic mass is 10.3. The highest BCUT2D eigenvalue weighted by molar-refractivity contribution is 7.99. The van der Waals surface area contributed by atoms with Crippen LogP contribution in [0.25, 0.3) is 0 Å². The monoisotopic (exact) mass is 182 g/mol. The van der Waals surface area contributed by atoms with Crippen LogP contribution in [0.2, 0.25) is 0 Å². The van der Waals surface area contributed by atoms with E-state index in [1.807, 2.05) is 12.3 Å². The minimum absolute atomic E-state index is 0.443. The molecule has 1 unspecified atom stereocenters. The van der Waals surface area contributed by atoms with Crippen molar-refractivity contribution in [1.82, 2.24) is 4.98 Å². The molecule has 1 heterocycles. The minimum atomic E-state index is 0.443. The molecule has 0 aromatic carbocycles. The van der Waals surface area contributed by atoms with Gasteiger partial charge in [-0.15, -0.1) is 11.8 Å². The first kappa shape index (κ1) is 9.55. The number of pyridine rings is 1. The average molecular weight is 182 g/mol. The SMILES string of the molecule is Cc1cccnc1SC(C)CN. The van der Waals surface area contributed by atoms with E-state index in [2.05, 4.69) is 24.9 Å². The molecule has 66 valence electrons. The first-order valence-electron chi connectivity index (χ1n) is 4.02. The highest BCUT2D eigenvalue weighted by atomic mass is 32.2. The van der Waals surface area contributed by atoms with Crippen molar-refractivity contribution in [2.75, 3.05) is 6.54 Å². The third-order valence-electron chi connectivity index (χ3n) is 1.61. The maximum atomic E-state index is 5.52. The fourth-order valence-corrected chi connectivity index (χ4v) is 1.69. The molecule has 0 aliphatic carbocycles. The maximum absolute atomic E-state index is 5.52. The van der Waals surface area contributed by atoms with Crippen molar-refractivity contribution in [2.24, 2.45) is 5.73 Å². The van der Waals surface area contributed by atoms with E-state index in [0.29, 0.717) is 11.8 Å². The van der Waals surface area contributed by atoms with Crippen LogP contribution in [0.5, 0.6) is 0 Å². The molecule has 0 spiro atoms. The van der Waals surface area contributed by atoms with Gasteiger partial charge in [0, 0.05) is 18.0 Å². The Kier molecular flexibility index (Phi) is 3.56. The average Bonchev–Trinajstić information content (AvgIpc) is 2.09. The van der Waals surface area contributed by atoms with E-state index in [9.17, 15) is 0 Å². The van der Waals surface area contributed by atoms with Gasteiger partial charge in [0.05, 0.1) is 5.03 Å². The van der Waals surface area contributed by atoms with Crippen molar-refractivity contribution in [3.05, 3.63) is 23.9 Å². The Hall–Kier alpha value is -0.540. The van der Waals surface area contributed by atoms with E-state index >= 15 is 0 Å². The van der Waals surface area contributed by atoms with Crippen molar-refractivity contribution in [3.63, 3.8) is 0 Å². The standard InChI is InChI=1S/C9H14N2S/c1-7-4-3-5-11-9(7)12-8(2)6-10/h3-5,8H,6,10H2,1-2H3. The van der Waals surface area contributed by atoms with Crippen LogP contribution < -0.4 is 5.73 Å². The van der Waals surface area contributed by atoms with E-state index in [4.69, 9.17) is 5.73 Å². The number of hydrogen-bond donors (Lipinski definition) is 1. The number of aromatic nitrogens is 1. The summed E-state index contributed by atoms with van der Waals surface area (Å²) in [5, 5.41) is 1.54. The van der Waals surface area contributed by atoms with Gasteiger partial charge in [-0.2, -0.15) is 0 Å². The molecule has 3 heteroatoms. The van der Waals surface area contributed by atoms with Gasteiger partial charge >= 0.3 is 0 Å². The molecule has 0 aliphatic rings. The van der Waals surface area contributed by atoms with Crippen LogP contribution in [-0.2, 0) is 0 Å². The Morgan fingerprint density at radius 1 is 1.67 bits per heavy atom. The van der Waals surface area contributed by atoms with Crippen LogP contribution in [0.4, 0.5) is 0 Å². The zero-order valence-electron chi connectivity index (χ0n) is 7.45. The molecule has 1 aromatic heterocycles. The summed E-state index contributed by atoms with van der Waals surface area (Å²) in [4.78, 5) is 4.27. The summed E-state index contributed by atoms with van der Waals surface area (Å²) in [6.07, 6.45) is 1.82. The normalized spacial score (nSPS) is 12.9. The molecule has 0 saturated carbocycles. The predicted molar refractivity (Wildman–Crippen MR) is 53.3 cm³/mol. The molecule has 1 aromatic rings. The number of nitrogens with zero attached hydrogens (tertiary/aromatic N) is 1. The third kappa shape index (κ3) is 2.50. The van der Waals surface area contributed by atoms with Gasteiger partial charge in [-0.3, -0.25) is 0 Å². The first-order chi connectivity index (χ1) is 5.74. The van der Waals surface area contributed by atoms with Gasteiger partial charge in [0.1, 0.15) is 0 Å². The zero-order chi connectivity index (χ0) is 8.97. The van der Waals surface area contributed by atoms with E-state index in [-0.39, 0.29) is 0 Å². The van der Waals surface area contributed by atoms with Gasteiger partial charge in [-0.25, -0.2) is 4.98 Å². The Balaban J connectivity index is 2.69. The van der Waals surface area contributed by atoms with Gasteiger partial charge in [0.15, 0.2) is 0 Å². The fourth-order valence-electron chi connectivity index (χ4n) is 0.833. The molecule has 0 fully saturated rings. The number of hydrogen-bond acceptors (Lipinski definition) is 3. The van der Waals surface area contributed by atoms with Crippen LogP contribution in [0.15, 0.2) is 23.4 Å². The van der Waals surface area contributed by atoms with E-state index in [0.717, 1.165) is 5.03 Å². The van der Waals surface area contributed by atoms with Gasteiger partial charge in [-0.05, 0) is 18.6 Å². The summed E-state index contributed by atoms with van der Waals surface area (Å²) in [7, 11) is 0. The Morgan fingerprint density at radius 3 is 3.00 bits per heavy atom. The van der Waals surface area contributed by atoms with Crippen LogP contribution >= 0.6 is 11.8 Å². The minimum Gasteiger partial charge on any atom is -0.329 e. The second-order valence-electron chi connectivity index (χ2n) is 2.79. The lowest BCUT2D eigenvalue weighted by Gasteiger charge is -2.08. The second kappa shape index (κ2) is 4.48. The molecule has 1 atom stereocenters. The van der Waals surface area contributed by atoms with E-state index in [1.54, 1.807) is 11.8 Å². The maximum Gasteiger partial charge on any atom is 0.0992 e. The Labute approximate surface area is 77.6 Å². The summed E-state index contributed by atoms with van der Waals surface area (Å²) in [5.41, 5.74) is 6.75. The van der Waals surface area contributed by atoms with Gasteiger partial charge in [0.2, 0.25) is 0 Å². The molecule has 0 bridgehead atoms. The lowest BCUT2D eigenvalue weighted by molar-refractivity contribution is 0.941. The molecular formula is C9H14N2S. The predicted octanol–water partition coefficient (Wildman–Crippen LogP) is 1.83. The van der Waals surface area contributed by atoms with Gasteiger partial charge < -0.3 is 5.73 Å². The van der Waals surface area contributed by atoms with Crippen LogP contribution in [0, 0.1) is 6.92 Å². The quantitative estimate of drug-likeness (QED) is 0.725. The topological polar surface area (TPSA) is 38.9 Å². The largest absolute Gasteiger partial charge is 0.329 e. The lowest BCUT2D eigenvalue weighted by Crippen LogP contribution is -2.12. The molecule has 2 N–H and O–H groups in total. The fraction of sp³-hybridized carbons (Fsp3) is 0.444.